The van der Waals surface area contributed by atoms with Crippen molar-refractivity contribution in [1.82, 2.24) is 24.5 Å². The van der Waals surface area contributed by atoms with Crippen LogP contribution in [0.4, 0.5) is 5.69 Å². The van der Waals surface area contributed by atoms with Crippen molar-refractivity contribution in [3.8, 4) is 5.69 Å². The van der Waals surface area contributed by atoms with Crippen molar-refractivity contribution >= 4 is 23.4 Å². The molecule has 2 aliphatic rings. The lowest BCUT2D eigenvalue weighted by Gasteiger charge is -2.37. The highest BCUT2D eigenvalue weighted by atomic mass is 16.3. The van der Waals surface area contributed by atoms with Crippen LogP contribution in [0.2, 0.25) is 0 Å². The fourth-order valence-corrected chi connectivity index (χ4v) is 7.34. The van der Waals surface area contributed by atoms with Crippen LogP contribution in [-0.4, -0.2) is 92.7 Å². The molecule has 52 heavy (non-hydrogen) atoms. The van der Waals surface area contributed by atoms with E-state index in [2.05, 4.69) is 39.0 Å². The topological polar surface area (TPSA) is 102 Å². The highest BCUT2D eigenvalue weighted by molar-refractivity contribution is 6.00. The zero-order chi connectivity index (χ0) is 36.8. The Labute approximate surface area is 307 Å². The standard InChI is InChI=1S/C42H52N6O4/c1-5-7-18-44(19-8-6-2)42(52)38-23-31(4)48(43-38)39-17-16-35(45-20-21-46(40(50)28-45)26-32-13-11-12-30(3)22-32)25-37(39)41(51)47-27-34-15-10-9-14-33(34)24-36(47)29-49/h9-17,22-23,25,36,49H,5-8,18-21,24,26-29H2,1-4H3/t36-/m0/s1. The molecule has 2 aliphatic heterocycles. The van der Waals surface area contributed by atoms with Crippen molar-refractivity contribution in [2.75, 3.05) is 44.2 Å². The van der Waals surface area contributed by atoms with Crippen LogP contribution in [0.1, 0.15) is 88.3 Å². The largest absolute Gasteiger partial charge is 0.394 e. The van der Waals surface area contributed by atoms with Crippen molar-refractivity contribution in [3.05, 3.63) is 112 Å². The minimum atomic E-state index is -0.396. The molecule has 10 nitrogen and oxygen atoms in total. The third-order valence-corrected chi connectivity index (χ3v) is 10.4. The van der Waals surface area contributed by atoms with Gasteiger partial charge >= 0.3 is 0 Å². The van der Waals surface area contributed by atoms with Gasteiger partial charge in [-0.3, -0.25) is 14.4 Å². The number of rotatable bonds is 13. The SMILES string of the molecule is CCCCN(CCCC)C(=O)c1cc(C)n(-c2ccc(N3CCN(Cc4cccc(C)c4)C(=O)C3)cc2C(=O)N2Cc3ccccc3C[C@H]2CO)n1. The van der Waals surface area contributed by atoms with E-state index in [4.69, 9.17) is 5.10 Å². The highest BCUT2D eigenvalue weighted by Crippen LogP contribution is 2.30. The van der Waals surface area contributed by atoms with Crippen molar-refractivity contribution in [2.24, 2.45) is 0 Å². The molecule has 0 saturated carbocycles. The summed E-state index contributed by atoms with van der Waals surface area (Å²) in [4.78, 5) is 49.5. The van der Waals surface area contributed by atoms with Crippen LogP contribution in [0.15, 0.2) is 72.8 Å². The van der Waals surface area contributed by atoms with Gasteiger partial charge in [0.25, 0.3) is 11.8 Å². The molecule has 1 atom stereocenters. The van der Waals surface area contributed by atoms with Crippen LogP contribution < -0.4 is 4.90 Å². The molecule has 10 heteroatoms. The van der Waals surface area contributed by atoms with Crippen LogP contribution in [-0.2, 0) is 24.3 Å². The van der Waals surface area contributed by atoms with E-state index >= 15 is 0 Å². The normalized spacial score (nSPS) is 15.9. The first-order valence-corrected chi connectivity index (χ1v) is 18.8. The number of aliphatic hydroxyl groups excluding tert-OH is 1. The van der Waals surface area contributed by atoms with Crippen molar-refractivity contribution in [3.63, 3.8) is 0 Å². The molecule has 0 aliphatic carbocycles. The second-order valence-corrected chi connectivity index (χ2v) is 14.3. The summed E-state index contributed by atoms with van der Waals surface area (Å²) < 4.78 is 1.69. The summed E-state index contributed by atoms with van der Waals surface area (Å²) >= 11 is 0. The first-order chi connectivity index (χ1) is 25.2. The van der Waals surface area contributed by atoms with Gasteiger partial charge in [0.1, 0.15) is 0 Å². The van der Waals surface area contributed by atoms with Crippen LogP contribution >= 0.6 is 0 Å². The number of fused-ring (bicyclic) bond motifs is 1. The number of aryl methyl sites for hydroxylation is 2. The maximum atomic E-state index is 14.8. The number of amides is 3. The summed E-state index contributed by atoms with van der Waals surface area (Å²) in [6.07, 6.45) is 4.37. The predicted octanol–water partition coefficient (Wildman–Crippen LogP) is 5.94. The lowest BCUT2D eigenvalue weighted by atomic mass is 9.93. The molecule has 1 N–H and O–H groups in total. The fourth-order valence-electron chi connectivity index (χ4n) is 7.34. The highest BCUT2D eigenvalue weighted by Gasteiger charge is 2.33. The van der Waals surface area contributed by atoms with E-state index in [1.54, 1.807) is 15.6 Å². The fraction of sp³-hybridized carbons (Fsp3) is 0.429. The van der Waals surface area contributed by atoms with Crippen LogP contribution in [0.25, 0.3) is 5.69 Å². The zero-order valence-corrected chi connectivity index (χ0v) is 31.1. The van der Waals surface area contributed by atoms with E-state index in [0.29, 0.717) is 62.6 Å². The summed E-state index contributed by atoms with van der Waals surface area (Å²) in [6.45, 7) is 11.7. The van der Waals surface area contributed by atoms with Gasteiger partial charge in [-0.1, -0.05) is 80.8 Å². The Kier molecular flexibility index (Phi) is 11.7. The number of nitrogens with zero attached hydrogens (tertiary/aromatic N) is 6. The summed E-state index contributed by atoms with van der Waals surface area (Å²) in [5, 5.41) is 15.3. The Morgan fingerprint density at radius 2 is 1.63 bits per heavy atom. The number of unbranched alkanes of at least 4 members (excludes halogenated alkanes) is 2. The third-order valence-electron chi connectivity index (χ3n) is 10.4. The molecule has 1 saturated heterocycles. The number of aliphatic hydroxyl groups is 1. The Morgan fingerprint density at radius 1 is 0.885 bits per heavy atom. The minimum Gasteiger partial charge on any atom is -0.394 e. The van der Waals surface area contributed by atoms with Gasteiger partial charge in [0.05, 0.1) is 30.4 Å². The van der Waals surface area contributed by atoms with Crippen molar-refractivity contribution in [1.29, 1.82) is 0 Å². The Morgan fingerprint density at radius 3 is 2.33 bits per heavy atom. The molecule has 3 heterocycles. The summed E-state index contributed by atoms with van der Waals surface area (Å²) in [5.41, 5.74) is 7.26. The number of carbonyl (C=O) groups is 3. The Hall–Kier alpha value is -4.96. The number of anilines is 1. The average Bonchev–Trinajstić information content (AvgIpc) is 3.55. The molecule has 3 aromatic carbocycles. The molecule has 1 aromatic heterocycles. The predicted molar refractivity (Wildman–Crippen MR) is 204 cm³/mol. The van der Waals surface area contributed by atoms with E-state index < -0.39 is 6.04 Å². The quantitative estimate of drug-likeness (QED) is 0.185. The molecule has 6 rings (SSSR count). The van der Waals surface area contributed by atoms with Crippen molar-refractivity contribution in [2.45, 2.75) is 78.9 Å². The lowest BCUT2D eigenvalue weighted by Crippen LogP contribution is -2.50. The van der Waals surface area contributed by atoms with E-state index in [1.807, 2.05) is 70.2 Å². The summed E-state index contributed by atoms with van der Waals surface area (Å²) in [7, 11) is 0. The molecular formula is C42H52N6O4. The molecule has 4 aromatic rings. The molecule has 0 radical (unpaired) electrons. The van der Waals surface area contributed by atoms with Gasteiger partial charge in [0, 0.05) is 50.6 Å². The smallest absolute Gasteiger partial charge is 0.274 e. The van der Waals surface area contributed by atoms with Gasteiger partial charge in [-0.15, -0.1) is 0 Å². The maximum Gasteiger partial charge on any atom is 0.274 e. The third kappa shape index (κ3) is 8.07. The Balaban J connectivity index is 1.33. The van der Waals surface area contributed by atoms with Gasteiger partial charge in [-0.05, 0) is 74.1 Å². The Bertz CT molecular complexity index is 1890. The second-order valence-electron chi connectivity index (χ2n) is 14.3. The van der Waals surface area contributed by atoms with Gasteiger partial charge in [-0.25, -0.2) is 4.68 Å². The van der Waals surface area contributed by atoms with Gasteiger partial charge in [0.15, 0.2) is 5.69 Å². The maximum absolute atomic E-state index is 14.8. The minimum absolute atomic E-state index is 0.0273. The summed E-state index contributed by atoms with van der Waals surface area (Å²) in [5.74, 6) is -0.312. The molecular weight excluding hydrogens is 652 g/mol. The van der Waals surface area contributed by atoms with Gasteiger partial charge in [-0.2, -0.15) is 5.10 Å². The second kappa shape index (κ2) is 16.6. The van der Waals surface area contributed by atoms with Crippen LogP contribution in [0, 0.1) is 13.8 Å². The molecule has 1 fully saturated rings. The first-order valence-electron chi connectivity index (χ1n) is 18.8. The number of carbonyl (C=O) groups excluding carboxylic acids is 3. The molecule has 274 valence electrons. The molecule has 0 spiro atoms. The monoisotopic (exact) mass is 704 g/mol. The molecule has 3 amide bonds. The van der Waals surface area contributed by atoms with Crippen LogP contribution in [0.5, 0.6) is 0 Å². The zero-order valence-electron chi connectivity index (χ0n) is 31.1. The molecule has 0 unspecified atom stereocenters. The number of piperazine rings is 1. The first kappa shape index (κ1) is 36.8. The average molecular weight is 705 g/mol. The lowest BCUT2D eigenvalue weighted by molar-refractivity contribution is -0.131. The van der Waals surface area contributed by atoms with Crippen LogP contribution in [0.3, 0.4) is 0 Å². The number of hydrogen-bond acceptors (Lipinski definition) is 6. The number of hydrogen-bond donors (Lipinski definition) is 1. The van der Waals surface area contributed by atoms with E-state index in [0.717, 1.165) is 59.3 Å². The van der Waals surface area contributed by atoms with Gasteiger partial charge in [0.2, 0.25) is 5.91 Å². The summed E-state index contributed by atoms with van der Waals surface area (Å²) in [6, 6.07) is 23.3. The van der Waals surface area contributed by atoms with Crippen molar-refractivity contribution < 1.29 is 19.5 Å². The number of aromatic nitrogens is 2. The van der Waals surface area contributed by atoms with E-state index in [1.165, 1.54) is 0 Å². The number of benzene rings is 3. The van der Waals surface area contributed by atoms with Gasteiger partial charge < -0.3 is 24.7 Å². The van der Waals surface area contributed by atoms with E-state index in [-0.39, 0.29) is 30.9 Å². The van der Waals surface area contributed by atoms with E-state index in [9.17, 15) is 19.5 Å². The molecule has 0 bridgehead atoms.